The molecule has 0 aliphatic carbocycles. The van der Waals surface area contributed by atoms with Crippen LogP contribution in [0.3, 0.4) is 0 Å². The van der Waals surface area contributed by atoms with E-state index in [-0.39, 0.29) is 5.78 Å². The molecule has 12 heteroatoms. The first kappa shape index (κ1) is 30.9. The fraction of sp³-hybridized carbons (Fsp3) is 0.556. The normalized spacial score (nSPS) is 18.6. The van der Waals surface area contributed by atoms with Crippen LogP contribution in [0.5, 0.6) is 0 Å². The SMILES string of the molecule is Nc1c(Br)cc(C(=O)CCC2CCN(CC3CCOCC3)CC2)c2ncccc12.O=C(O)C(O)C(O)C(=O)O. The predicted octanol–water partition coefficient (Wildman–Crippen LogP) is 2.56. The van der Waals surface area contributed by atoms with Crippen molar-refractivity contribution in [2.45, 2.75) is 50.7 Å². The molecule has 2 fully saturated rings. The minimum Gasteiger partial charge on any atom is -0.479 e. The molecule has 214 valence electrons. The Morgan fingerprint density at radius 3 is 2.26 bits per heavy atom. The fourth-order valence-corrected chi connectivity index (χ4v) is 5.39. The lowest BCUT2D eigenvalue weighted by Gasteiger charge is -2.35. The number of carbonyl (C=O) groups is 3. The Hall–Kier alpha value is -2.64. The second-order valence-electron chi connectivity index (χ2n) is 10.0. The number of ether oxygens (including phenoxy) is 1. The number of pyridine rings is 1. The predicted molar refractivity (Wildman–Crippen MR) is 147 cm³/mol. The number of halogens is 1. The van der Waals surface area contributed by atoms with E-state index in [2.05, 4.69) is 25.8 Å². The van der Waals surface area contributed by atoms with Crippen molar-refractivity contribution in [3.8, 4) is 0 Å². The summed E-state index contributed by atoms with van der Waals surface area (Å²) in [5.41, 5.74) is 8.18. The quantitative estimate of drug-likeness (QED) is 0.208. The number of nitrogen functional groups attached to an aromatic ring is 1. The van der Waals surface area contributed by atoms with E-state index in [1.54, 1.807) is 6.20 Å². The molecule has 2 aliphatic heterocycles. The highest BCUT2D eigenvalue weighted by molar-refractivity contribution is 9.10. The fourth-order valence-electron chi connectivity index (χ4n) is 4.94. The molecule has 2 atom stereocenters. The lowest BCUT2D eigenvalue weighted by molar-refractivity contribution is -0.165. The van der Waals surface area contributed by atoms with E-state index in [0.29, 0.717) is 29.1 Å². The zero-order chi connectivity index (χ0) is 28.5. The zero-order valence-corrected chi connectivity index (χ0v) is 23.3. The summed E-state index contributed by atoms with van der Waals surface area (Å²) in [7, 11) is 0. The van der Waals surface area contributed by atoms with Gasteiger partial charge in [-0.1, -0.05) is 0 Å². The lowest BCUT2D eigenvalue weighted by Crippen LogP contribution is -2.39. The smallest absolute Gasteiger partial charge is 0.335 e. The number of aliphatic hydroxyl groups is 2. The molecule has 2 aliphatic rings. The molecule has 2 aromatic rings. The summed E-state index contributed by atoms with van der Waals surface area (Å²) in [6, 6.07) is 5.62. The number of anilines is 1. The summed E-state index contributed by atoms with van der Waals surface area (Å²) in [4.78, 5) is 39.6. The van der Waals surface area contributed by atoms with Crippen LogP contribution in [0.4, 0.5) is 5.69 Å². The van der Waals surface area contributed by atoms with Gasteiger partial charge in [0.15, 0.2) is 18.0 Å². The first-order valence-electron chi connectivity index (χ1n) is 13.1. The van der Waals surface area contributed by atoms with Crippen molar-refractivity contribution in [2.75, 3.05) is 38.6 Å². The van der Waals surface area contributed by atoms with E-state index in [4.69, 9.17) is 30.9 Å². The van der Waals surface area contributed by atoms with E-state index in [1.807, 2.05) is 18.2 Å². The summed E-state index contributed by atoms with van der Waals surface area (Å²) in [6.45, 7) is 5.39. The van der Waals surface area contributed by atoms with Crippen LogP contribution in [-0.4, -0.2) is 93.1 Å². The third-order valence-corrected chi connectivity index (χ3v) is 7.99. The number of fused-ring (bicyclic) bond motifs is 1. The molecule has 0 spiro atoms. The van der Waals surface area contributed by atoms with Gasteiger partial charge in [-0.15, -0.1) is 0 Å². The first-order chi connectivity index (χ1) is 18.6. The van der Waals surface area contributed by atoms with Gasteiger partial charge in [0.25, 0.3) is 0 Å². The molecule has 0 amide bonds. The molecule has 0 radical (unpaired) electrons. The number of nitrogens with zero attached hydrogens (tertiary/aromatic N) is 2. The van der Waals surface area contributed by atoms with Gasteiger partial charge in [0, 0.05) is 47.8 Å². The molecule has 3 heterocycles. The van der Waals surface area contributed by atoms with Crippen LogP contribution in [-0.2, 0) is 14.3 Å². The number of aromatic nitrogens is 1. The Morgan fingerprint density at radius 2 is 1.67 bits per heavy atom. The minimum atomic E-state index is -2.27. The Balaban J connectivity index is 0.000000360. The number of carboxylic acids is 2. The van der Waals surface area contributed by atoms with Crippen LogP contribution in [0.15, 0.2) is 28.9 Å². The average Bonchev–Trinajstić information content (AvgIpc) is 2.94. The van der Waals surface area contributed by atoms with Gasteiger partial charge < -0.3 is 35.8 Å². The van der Waals surface area contributed by atoms with Crippen molar-refractivity contribution in [2.24, 2.45) is 11.8 Å². The van der Waals surface area contributed by atoms with E-state index in [1.165, 1.54) is 32.2 Å². The molecule has 6 N–H and O–H groups in total. The highest BCUT2D eigenvalue weighted by Gasteiger charge is 2.29. The van der Waals surface area contributed by atoms with Crippen LogP contribution in [0.25, 0.3) is 10.9 Å². The monoisotopic (exact) mass is 609 g/mol. The first-order valence-corrected chi connectivity index (χ1v) is 13.9. The number of carbonyl (C=O) groups excluding carboxylic acids is 1. The maximum Gasteiger partial charge on any atom is 0.335 e. The highest BCUT2D eigenvalue weighted by Crippen LogP contribution is 2.32. The molecule has 1 aromatic heterocycles. The third kappa shape index (κ3) is 8.67. The standard InChI is InChI=1S/C23H30BrN3O2.C4H6O6/c24-20-14-19(23-18(22(20)25)2-1-9-26-23)21(28)4-3-16-5-10-27(11-6-16)15-17-7-12-29-13-8-17;5-1(3(7)8)2(6)4(9)10/h1-2,9,14,16-17H,3-8,10-13,15,25H2;1-2,5-6H,(H,7,8)(H,9,10). The molecule has 11 nitrogen and oxygen atoms in total. The Morgan fingerprint density at radius 1 is 1.05 bits per heavy atom. The molecule has 0 saturated carbocycles. The van der Waals surface area contributed by atoms with Crippen molar-refractivity contribution in [1.82, 2.24) is 9.88 Å². The van der Waals surface area contributed by atoms with E-state index in [0.717, 1.165) is 48.5 Å². The maximum absolute atomic E-state index is 13.0. The number of carboxylic acid groups (broad SMARTS) is 2. The summed E-state index contributed by atoms with van der Waals surface area (Å²) >= 11 is 3.49. The van der Waals surface area contributed by atoms with Crippen LogP contribution < -0.4 is 5.73 Å². The summed E-state index contributed by atoms with van der Waals surface area (Å²) in [5.74, 6) is -1.93. The number of piperidine rings is 1. The zero-order valence-electron chi connectivity index (χ0n) is 21.7. The average molecular weight is 611 g/mol. The van der Waals surface area contributed by atoms with Crippen molar-refractivity contribution in [3.05, 3.63) is 34.4 Å². The minimum absolute atomic E-state index is 0.166. The molecule has 1 aromatic carbocycles. The number of benzene rings is 1. The van der Waals surface area contributed by atoms with Gasteiger partial charge in [-0.3, -0.25) is 9.78 Å². The number of nitrogens with two attached hydrogens (primary N) is 1. The largest absolute Gasteiger partial charge is 0.479 e. The molecule has 4 rings (SSSR count). The van der Waals surface area contributed by atoms with Gasteiger partial charge >= 0.3 is 11.9 Å². The molecular weight excluding hydrogens is 574 g/mol. The third-order valence-electron chi connectivity index (χ3n) is 7.33. The van der Waals surface area contributed by atoms with Crippen molar-refractivity contribution < 1.29 is 39.5 Å². The lowest BCUT2D eigenvalue weighted by atomic mass is 9.89. The maximum atomic E-state index is 13.0. The number of hydrogen-bond donors (Lipinski definition) is 5. The number of ketones is 1. The Bertz CT molecular complexity index is 1130. The van der Waals surface area contributed by atoms with Crippen molar-refractivity contribution >= 4 is 50.2 Å². The molecular formula is C27H36BrN3O8. The summed E-state index contributed by atoms with van der Waals surface area (Å²) < 4.78 is 6.24. The van der Waals surface area contributed by atoms with Crippen molar-refractivity contribution in [1.29, 1.82) is 0 Å². The van der Waals surface area contributed by atoms with Gasteiger partial charge in [-0.25, -0.2) is 9.59 Å². The van der Waals surface area contributed by atoms with Gasteiger partial charge in [0.1, 0.15) is 0 Å². The molecule has 2 saturated heterocycles. The van der Waals surface area contributed by atoms with Gasteiger partial charge in [0.2, 0.25) is 0 Å². The van der Waals surface area contributed by atoms with Crippen LogP contribution in [0, 0.1) is 11.8 Å². The van der Waals surface area contributed by atoms with Crippen molar-refractivity contribution in [3.63, 3.8) is 0 Å². The number of aliphatic hydroxyl groups excluding tert-OH is 2. The second kappa shape index (κ2) is 14.7. The van der Waals surface area contributed by atoms with Gasteiger partial charge in [-0.2, -0.15) is 0 Å². The number of likely N-dealkylation sites (tertiary alicyclic amines) is 1. The summed E-state index contributed by atoms with van der Waals surface area (Å²) in [6.07, 6.45) is 3.52. The van der Waals surface area contributed by atoms with E-state index in [9.17, 15) is 14.4 Å². The number of rotatable bonds is 9. The molecule has 39 heavy (non-hydrogen) atoms. The number of hydrogen-bond acceptors (Lipinski definition) is 9. The van der Waals surface area contributed by atoms with Crippen LogP contribution >= 0.6 is 15.9 Å². The van der Waals surface area contributed by atoms with Gasteiger partial charge in [0.05, 0.1) is 11.2 Å². The molecule has 2 unspecified atom stereocenters. The highest BCUT2D eigenvalue weighted by atomic mass is 79.9. The Labute approximate surface area is 235 Å². The topological polar surface area (TPSA) is 184 Å². The Kier molecular flexibility index (Phi) is 11.6. The second-order valence-corrected chi connectivity index (χ2v) is 10.9. The van der Waals surface area contributed by atoms with Crippen LogP contribution in [0.1, 0.15) is 48.9 Å². The van der Waals surface area contributed by atoms with E-state index < -0.39 is 24.1 Å². The van der Waals surface area contributed by atoms with E-state index >= 15 is 0 Å². The van der Waals surface area contributed by atoms with Crippen LogP contribution in [0.2, 0.25) is 0 Å². The molecule has 0 bridgehead atoms. The summed E-state index contributed by atoms with van der Waals surface area (Å²) in [5, 5.41) is 33.4. The van der Waals surface area contributed by atoms with Gasteiger partial charge in [-0.05, 0) is 91.2 Å². The number of Topliss-reactive ketones (excluding diaryl/α,β-unsaturated/α-hetero) is 1. The number of aliphatic carboxylic acids is 2.